The average Bonchev–Trinajstić information content (AvgIpc) is 2.74. The fraction of sp³-hybridized carbons (Fsp3) is 0.154. The van der Waals surface area contributed by atoms with E-state index >= 15 is 0 Å². The van der Waals surface area contributed by atoms with Gasteiger partial charge in [0.25, 0.3) is 0 Å². The number of anilines is 1. The first kappa shape index (κ1) is 18.1. The second kappa shape index (κ2) is 8.18. The lowest BCUT2D eigenvalue weighted by atomic mass is 10.0. The maximum Gasteiger partial charge on any atom is 0.125 e. The van der Waals surface area contributed by atoms with E-state index in [1.807, 2.05) is 18.2 Å². The van der Waals surface area contributed by atoms with Crippen LogP contribution in [0.2, 0.25) is 0 Å². The van der Waals surface area contributed by atoms with Gasteiger partial charge in [-0.05, 0) is 53.4 Å². The van der Waals surface area contributed by atoms with Crippen molar-refractivity contribution in [3.8, 4) is 5.75 Å². The summed E-state index contributed by atoms with van der Waals surface area (Å²) in [4.78, 5) is 0. The molecule has 0 atom stereocenters. The smallest absolute Gasteiger partial charge is 0.125 e. The molecule has 0 unspecified atom stereocenters. The molecule has 0 aliphatic carbocycles. The minimum Gasteiger partial charge on any atom is -0.489 e. The summed E-state index contributed by atoms with van der Waals surface area (Å²) in [5.74, 6) is 0.931. The van der Waals surface area contributed by atoms with Gasteiger partial charge in [0.2, 0.25) is 0 Å². The summed E-state index contributed by atoms with van der Waals surface area (Å²) in [5, 5.41) is 6.08. The molecule has 28 heavy (non-hydrogen) atoms. The molecule has 0 spiro atoms. The molecule has 0 saturated heterocycles. The third kappa shape index (κ3) is 4.01. The highest BCUT2D eigenvalue weighted by atomic mass is 16.5. The zero-order valence-corrected chi connectivity index (χ0v) is 16.4. The maximum absolute atomic E-state index is 6.23. The molecular formula is C26H25NO. The molecule has 140 valence electrons. The topological polar surface area (TPSA) is 21.3 Å². The van der Waals surface area contributed by atoms with Crippen LogP contribution in [-0.2, 0) is 13.2 Å². The number of hydrogen-bond acceptors (Lipinski definition) is 2. The molecule has 0 aliphatic heterocycles. The molecular weight excluding hydrogens is 342 g/mol. The zero-order chi connectivity index (χ0) is 19.3. The minimum absolute atomic E-state index is 0.565. The van der Waals surface area contributed by atoms with E-state index < -0.39 is 0 Å². The Morgan fingerprint density at radius 1 is 0.786 bits per heavy atom. The molecule has 0 saturated carbocycles. The highest BCUT2D eigenvalue weighted by Gasteiger charge is 2.10. The van der Waals surface area contributed by atoms with Crippen molar-refractivity contribution in [2.24, 2.45) is 0 Å². The number of rotatable bonds is 6. The summed E-state index contributed by atoms with van der Waals surface area (Å²) in [5.41, 5.74) is 6.03. The Hall–Kier alpha value is -3.26. The molecule has 0 radical (unpaired) electrons. The molecule has 4 rings (SSSR count). The van der Waals surface area contributed by atoms with Crippen molar-refractivity contribution < 1.29 is 4.74 Å². The van der Waals surface area contributed by atoms with Gasteiger partial charge in [-0.2, -0.15) is 0 Å². The van der Waals surface area contributed by atoms with E-state index in [4.69, 9.17) is 4.74 Å². The van der Waals surface area contributed by atoms with Crippen LogP contribution in [0.3, 0.4) is 0 Å². The van der Waals surface area contributed by atoms with Crippen molar-refractivity contribution in [2.75, 3.05) is 5.32 Å². The molecule has 2 nitrogen and oxygen atoms in total. The van der Waals surface area contributed by atoms with Crippen molar-refractivity contribution in [1.29, 1.82) is 0 Å². The van der Waals surface area contributed by atoms with E-state index in [9.17, 15) is 0 Å². The van der Waals surface area contributed by atoms with Crippen LogP contribution in [0.25, 0.3) is 10.8 Å². The highest BCUT2D eigenvalue weighted by Crippen LogP contribution is 2.30. The normalized spacial score (nSPS) is 10.8. The SMILES string of the molecule is Cc1ccc(C)c(NCc2c(OCc3ccccc3)ccc3ccccc23)c1. The average molecular weight is 367 g/mol. The lowest BCUT2D eigenvalue weighted by molar-refractivity contribution is 0.304. The van der Waals surface area contributed by atoms with Crippen LogP contribution in [0.5, 0.6) is 5.75 Å². The van der Waals surface area contributed by atoms with Crippen LogP contribution in [0.4, 0.5) is 5.69 Å². The minimum atomic E-state index is 0.565. The number of fused-ring (bicyclic) bond motifs is 1. The van der Waals surface area contributed by atoms with Crippen molar-refractivity contribution in [3.63, 3.8) is 0 Å². The number of benzene rings is 4. The highest BCUT2D eigenvalue weighted by molar-refractivity contribution is 5.88. The molecule has 1 N–H and O–H groups in total. The van der Waals surface area contributed by atoms with Crippen LogP contribution in [0.1, 0.15) is 22.3 Å². The van der Waals surface area contributed by atoms with Crippen molar-refractivity contribution in [1.82, 2.24) is 0 Å². The summed E-state index contributed by atoms with van der Waals surface area (Å²) in [6.45, 7) is 5.54. The molecule has 0 aromatic heterocycles. The Labute approximate surface area is 166 Å². The second-order valence-corrected chi connectivity index (χ2v) is 7.21. The summed E-state index contributed by atoms with van der Waals surface area (Å²) in [7, 11) is 0. The van der Waals surface area contributed by atoms with Crippen LogP contribution in [0, 0.1) is 13.8 Å². The molecule has 0 amide bonds. The fourth-order valence-electron chi connectivity index (χ4n) is 3.48. The Bertz CT molecular complexity index is 1090. The van der Waals surface area contributed by atoms with Gasteiger partial charge in [-0.25, -0.2) is 0 Å². The first-order chi connectivity index (χ1) is 13.7. The number of aryl methyl sites for hydroxylation is 2. The fourth-order valence-corrected chi connectivity index (χ4v) is 3.48. The number of ether oxygens (including phenoxy) is 1. The van der Waals surface area contributed by atoms with E-state index in [2.05, 4.69) is 85.9 Å². The predicted octanol–water partition coefficient (Wildman–Crippen LogP) is 6.65. The Morgan fingerprint density at radius 2 is 1.57 bits per heavy atom. The monoisotopic (exact) mass is 367 g/mol. The van der Waals surface area contributed by atoms with Crippen molar-refractivity contribution >= 4 is 16.5 Å². The first-order valence-corrected chi connectivity index (χ1v) is 9.69. The van der Waals surface area contributed by atoms with E-state index in [0.717, 1.165) is 12.3 Å². The van der Waals surface area contributed by atoms with Crippen molar-refractivity contribution in [3.05, 3.63) is 107 Å². The van der Waals surface area contributed by atoms with Crippen LogP contribution in [0.15, 0.2) is 84.9 Å². The summed E-state index contributed by atoms with van der Waals surface area (Å²) >= 11 is 0. The first-order valence-electron chi connectivity index (χ1n) is 9.69. The van der Waals surface area contributed by atoms with Gasteiger partial charge in [0, 0.05) is 17.8 Å². The van der Waals surface area contributed by atoms with Crippen LogP contribution < -0.4 is 10.1 Å². The zero-order valence-electron chi connectivity index (χ0n) is 16.4. The van der Waals surface area contributed by atoms with Crippen molar-refractivity contribution in [2.45, 2.75) is 27.0 Å². The molecule has 2 heteroatoms. The lowest BCUT2D eigenvalue weighted by Gasteiger charge is -2.17. The molecule has 0 heterocycles. The van der Waals surface area contributed by atoms with Gasteiger partial charge in [0.15, 0.2) is 0 Å². The van der Waals surface area contributed by atoms with Gasteiger partial charge in [-0.15, -0.1) is 0 Å². The molecule has 0 aliphatic rings. The Morgan fingerprint density at radius 3 is 2.43 bits per heavy atom. The van der Waals surface area contributed by atoms with Gasteiger partial charge in [0.05, 0.1) is 0 Å². The number of nitrogens with one attached hydrogen (secondary N) is 1. The third-order valence-corrected chi connectivity index (χ3v) is 5.08. The summed E-state index contributed by atoms with van der Waals surface area (Å²) < 4.78 is 6.23. The van der Waals surface area contributed by atoms with Gasteiger partial charge in [-0.3, -0.25) is 0 Å². The second-order valence-electron chi connectivity index (χ2n) is 7.21. The lowest BCUT2D eigenvalue weighted by Crippen LogP contribution is -2.05. The van der Waals surface area contributed by atoms with E-state index in [1.165, 1.54) is 38.7 Å². The van der Waals surface area contributed by atoms with Gasteiger partial charge in [0.1, 0.15) is 12.4 Å². The van der Waals surface area contributed by atoms with Gasteiger partial charge < -0.3 is 10.1 Å². The van der Waals surface area contributed by atoms with Crippen LogP contribution >= 0.6 is 0 Å². The van der Waals surface area contributed by atoms with Gasteiger partial charge in [-0.1, -0.05) is 72.8 Å². The predicted molar refractivity (Wildman–Crippen MR) is 118 cm³/mol. The van der Waals surface area contributed by atoms with E-state index in [-0.39, 0.29) is 0 Å². The summed E-state index contributed by atoms with van der Waals surface area (Å²) in [6.07, 6.45) is 0. The molecule has 0 bridgehead atoms. The molecule has 4 aromatic carbocycles. The van der Waals surface area contributed by atoms with Gasteiger partial charge >= 0.3 is 0 Å². The number of hydrogen-bond donors (Lipinski definition) is 1. The summed E-state index contributed by atoms with van der Waals surface area (Å²) in [6, 6.07) is 29.5. The Kier molecular flexibility index (Phi) is 5.29. The Balaban J connectivity index is 1.64. The standard InChI is InChI=1S/C26H25NO/c1-19-12-13-20(2)25(16-19)27-17-24-23-11-7-6-10-22(23)14-15-26(24)28-18-21-8-4-3-5-9-21/h3-16,27H,17-18H2,1-2H3. The van der Waals surface area contributed by atoms with E-state index in [0.29, 0.717) is 6.61 Å². The molecule has 0 fully saturated rings. The van der Waals surface area contributed by atoms with E-state index in [1.54, 1.807) is 0 Å². The maximum atomic E-state index is 6.23. The quantitative estimate of drug-likeness (QED) is 0.412. The van der Waals surface area contributed by atoms with Crippen LogP contribution in [-0.4, -0.2) is 0 Å². The molecule has 4 aromatic rings. The third-order valence-electron chi connectivity index (χ3n) is 5.08. The largest absolute Gasteiger partial charge is 0.489 e.